The van der Waals surface area contributed by atoms with Crippen molar-refractivity contribution >= 4 is 11.2 Å². The molecule has 130 valence electrons. The van der Waals surface area contributed by atoms with Gasteiger partial charge in [-0.05, 0) is 24.1 Å². The fraction of sp³-hybridized carbons (Fsp3) is 0.167. The molecular formula is C18H14N4O4. The number of hydrogen-bond acceptors (Lipinski definition) is 5. The predicted octanol–water partition coefficient (Wildman–Crippen LogP) is 0.463. The van der Waals surface area contributed by atoms with E-state index in [1.165, 1.54) is 7.11 Å². The monoisotopic (exact) mass is 350 g/mol. The number of benzene rings is 1. The summed E-state index contributed by atoms with van der Waals surface area (Å²) < 4.78 is 11.3. The second-order valence-electron chi connectivity index (χ2n) is 5.15. The van der Waals surface area contributed by atoms with Crippen LogP contribution >= 0.6 is 0 Å². The number of nitrogens with zero attached hydrogens (tertiary/aromatic N) is 2. The number of aromatic nitrogens is 4. The zero-order chi connectivity index (χ0) is 18.7. The fourth-order valence-electron chi connectivity index (χ4n) is 2.35. The predicted molar refractivity (Wildman–Crippen MR) is 95.3 cm³/mol. The minimum atomic E-state index is -0.619. The maximum atomic E-state index is 12.3. The van der Waals surface area contributed by atoms with Gasteiger partial charge in [0.1, 0.15) is 0 Å². The number of H-pyrrole nitrogens is 2. The van der Waals surface area contributed by atoms with E-state index >= 15 is 0 Å². The minimum Gasteiger partial charge on any atom is -0.493 e. The van der Waals surface area contributed by atoms with Crippen LogP contribution in [-0.4, -0.2) is 33.7 Å². The molecule has 2 N–H and O–H groups in total. The van der Waals surface area contributed by atoms with E-state index < -0.39 is 11.2 Å². The zero-order valence-electron chi connectivity index (χ0n) is 14.0. The third kappa shape index (κ3) is 3.04. The van der Waals surface area contributed by atoms with Crippen LogP contribution in [0.5, 0.6) is 11.5 Å². The van der Waals surface area contributed by atoms with E-state index in [1.807, 2.05) is 0 Å². The average Bonchev–Trinajstić information content (AvgIpc) is 3.06. The molecule has 0 aliphatic carbocycles. The Morgan fingerprint density at radius 3 is 2.62 bits per heavy atom. The number of fused-ring (bicyclic) bond motifs is 1. The van der Waals surface area contributed by atoms with E-state index in [4.69, 9.17) is 15.9 Å². The number of hydrogen-bond donors (Lipinski definition) is 2. The molecule has 0 amide bonds. The molecule has 8 nitrogen and oxygen atoms in total. The van der Waals surface area contributed by atoms with Crippen LogP contribution in [0.3, 0.4) is 0 Å². The number of terminal acetylenes is 1. The first-order valence-electron chi connectivity index (χ1n) is 7.47. The summed E-state index contributed by atoms with van der Waals surface area (Å²) in [6.45, 7) is -0.129. The van der Waals surface area contributed by atoms with Crippen LogP contribution in [-0.2, 0) is 6.54 Å². The number of methoxy groups -OCH3 is 2. The third-order valence-corrected chi connectivity index (χ3v) is 3.59. The Balaban J connectivity index is 2.03. The summed E-state index contributed by atoms with van der Waals surface area (Å²) in [6, 6.07) is 5.21. The molecule has 0 aliphatic heterocycles. The molecule has 0 saturated heterocycles. The van der Waals surface area contributed by atoms with Gasteiger partial charge in [0.25, 0.3) is 5.56 Å². The summed E-state index contributed by atoms with van der Waals surface area (Å²) in [4.78, 5) is 33.6. The van der Waals surface area contributed by atoms with E-state index in [0.29, 0.717) is 17.1 Å². The molecule has 1 aromatic carbocycles. The second kappa shape index (κ2) is 6.91. The van der Waals surface area contributed by atoms with Gasteiger partial charge < -0.3 is 14.5 Å². The quantitative estimate of drug-likeness (QED) is 0.669. The lowest BCUT2D eigenvalue weighted by Crippen LogP contribution is -2.34. The Morgan fingerprint density at radius 1 is 1.15 bits per heavy atom. The molecule has 0 radical (unpaired) electrons. The molecule has 8 heteroatoms. The Morgan fingerprint density at radius 2 is 1.92 bits per heavy atom. The van der Waals surface area contributed by atoms with Gasteiger partial charge in [-0.2, -0.15) is 0 Å². The van der Waals surface area contributed by atoms with Crippen molar-refractivity contribution < 1.29 is 9.47 Å². The maximum absolute atomic E-state index is 12.3. The second-order valence-corrected chi connectivity index (χ2v) is 5.15. The molecule has 0 spiro atoms. The molecule has 0 atom stereocenters. The zero-order valence-corrected chi connectivity index (χ0v) is 14.0. The molecule has 0 unspecified atom stereocenters. The first-order chi connectivity index (χ1) is 12.6. The van der Waals surface area contributed by atoms with Crippen molar-refractivity contribution in [3.8, 4) is 35.7 Å². The molecular weight excluding hydrogens is 336 g/mol. The molecule has 26 heavy (non-hydrogen) atoms. The maximum Gasteiger partial charge on any atom is 0.330 e. The highest BCUT2D eigenvalue weighted by Gasteiger charge is 2.10. The van der Waals surface area contributed by atoms with Crippen molar-refractivity contribution in [2.75, 3.05) is 14.2 Å². The van der Waals surface area contributed by atoms with E-state index in [-0.39, 0.29) is 23.5 Å². The van der Waals surface area contributed by atoms with Crippen LogP contribution in [0, 0.1) is 24.2 Å². The molecule has 2 aromatic heterocycles. The molecule has 3 aromatic rings. The number of ether oxygens (including phenoxy) is 2. The van der Waals surface area contributed by atoms with Gasteiger partial charge in [-0.15, -0.1) is 6.42 Å². The van der Waals surface area contributed by atoms with Crippen molar-refractivity contribution in [3.05, 3.63) is 50.4 Å². The van der Waals surface area contributed by atoms with Crippen LogP contribution in [0.4, 0.5) is 0 Å². The fourth-order valence-corrected chi connectivity index (χ4v) is 2.35. The minimum absolute atomic E-state index is 0.129. The lowest BCUT2D eigenvalue weighted by Gasteiger charge is -2.06. The van der Waals surface area contributed by atoms with Gasteiger partial charge >= 0.3 is 5.69 Å². The molecule has 3 rings (SSSR count). The first kappa shape index (κ1) is 16.9. The normalized spacial score (nSPS) is 10.0. The lowest BCUT2D eigenvalue weighted by atomic mass is 10.2. The van der Waals surface area contributed by atoms with Gasteiger partial charge in [0, 0.05) is 5.56 Å². The van der Waals surface area contributed by atoms with Gasteiger partial charge in [0.05, 0.1) is 20.8 Å². The van der Waals surface area contributed by atoms with Gasteiger partial charge in [-0.25, -0.2) is 14.3 Å². The Labute approximate surface area is 147 Å². The highest BCUT2D eigenvalue weighted by molar-refractivity contribution is 5.70. The third-order valence-electron chi connectivity index (χ3n) is 3.59. The lowest BCUT2D eigenvalue weighted by molar-refractivity contribution is 0.355. The van der Waals surface area contributed by atoms with Crippen LogP contribution in [0.25, 0.3) is 11.2 Å². The smallest absolute Gasteiger partial charge is 0.330 e. The van der Waals surface area contributed by atoms with Crippen molar-refractivity contribution in [2.45, 2.75) is 6.54 Å². The Bertz CT molecular complexity index is 1200. The summed E-state index contributed by atoms with van der Waals surface area (Å²) in [6.07, 6.45) is 5.17. The highest BCUT2D eigenvalue weighted by Crippen LogP contribution is 2.27. The van der Waals surface area contributed by atoms with E-state index in [9.17, 15) is 9.59 Å². The highest BCUT2D eigenvalue weighted by atomic mass is 16.5. The van der Waals surface area contributed by atoms with Crippen LogP contribution in [0.15, 0.2) is 27.8 Å². The summed E-state index contributed by atoms with van der Waals surface area (Å²) in [5.74, 6) is 9.36. The van der Waals surface area contributed by atoms with Crippen molar-refractivity contribution in [3.63, 3.8) is 0 Å². The summed E-state index contributed by atoms with van der Waals surface area (Å²) in [5, 5.41) is 0. The molecule has 0 bridgehead atoms. The van der Waals surface area contributed by atoms with Crippen LogP contribution < -0.4 is 20.7 Å². The molecule has 0 aliphatic rings. The largest absolute Gasteiger partial charge is 0.493 e. The van der Waals surface area contributed by atoms with Gasteiger partial charge in [0.2, 0.25) is 0 Å². The Kier molecular flexibility index (Phi) is 4.50. The summed E-state index contributed by atoms with van der Waals surface area (Å²) in [7, 11) is 3.08. The molecule has 2 heterocycles. The van der Waals surface area contributed by atoms with Crippen LogP contribution in [0.2, 0.25) is 0 Å². The number of imidazole rings is 1. The van der Waals surface area contributed by atoms with E-state index in [0.717, 1.165) is 4.57 Å². The van der Waals surface area contributed by atoms with Crippen molar-refractivity contribution in [1.29, 1.82) is 0 Å². The summed E-state index contributed by atoms with van der Waals surface area (Å²) in [5.41, 5.74) is -0.234. The first-order valence-corrected chi connectivity index (χ1v) is 7.47. The van der Waals surface area contributed by atoms with Gasteiger partial charge in [0.15, 0.2) is 28.5 Å². The standard InChI is InChI=1S/C18H14N4O4/c1-4-9-22-17(23)15-16(21-18(22)24)20-14(19-15)8-6-11-5-7-12(25-2)13(10-11)26-3/h1,5,7,10H,9H2,2-3H3,(H,19,20)(H,21,24). The number of aromatic amines is 2. The molecule has 0 saturated carbocycles. The van der Waals surface area contributed by atoms with Crippen molar-refractivity contribution in [1.82, 2.24) is 19.5 Å². The molecule has 0 fully saturated rings. The van der Waals surface area contributed by atoms with E-state index in [1.54, 1.807) is 25.3 Å². The topological polar surface area (TPSA) is 102 Å². The van der Waals surface area contributed by atoms with Crippen LogP contribution in [0.1, 0.15) is 11.4 Å². The average molecular weight is 350 g/mol. The van der Waals surface area contributed by atoms with Gasteiger partial charge in [-0.1, -0.05) is 11.8 Å². The summed E-state index contributed by atoms with van der Waals surface area (Å²) >= 11 is 0. The van der Waals surface area contributed by atoms with Gasteiger partial charge in [-0.3, -0.25) is 9.78 Å². The van der Waals surface area contributed by atoms with Crippen molar-refractivity contribution in [2.24, 2.45) is 0 Å². The Hall–Kier alpha value is -3.91. The van der Waals surface area contributed by atoms with E-state index in [2.05, 4.69) is 32.7 Å². The number of nitrogens with one attached hydrogen (secondary N) is 2. The number of rotatable bonds is 3. The SMILES string of the molecule is C#CCn1c(=O)[nH]c2nc(C#Cc3ccc(OC)c(OC)c3)[nH]c2c1=O.